The third kappa shape index (κ3) is 4.72. The van der Waals surface area contributed by atoms with E-state index >= 15 is 0 Å². The van der Waals surface area contributed by atoms with Crippen molar-refractivity contribution in [2.24, 2.45) is 5.41 Å². The van der Waals surface area contributed by atoms with Gasteiger partial charge in [-0.2, -0.15) is 0 Å². The zero-order valence-electron chi connectivity index (χ0n) is 21.4. The molecule has 182 valence electrons. The van der Waals surface area contributed by atoms with Crippen molar-refractivity contribution in [3.8, 4) is 11.8 Å². The van der Waals surface area contributed by atoms with Crippen molar-refractivity contribution < 1.29 is 10.2 Å². The zero-order valence-corrected chi connectivity index (χ0v) is 21.4. The Balaban J connectivity index is 1.74. The minimum Gasteiger partial charge on any atom is -0.380 e. The zero-order chi connectivity index (χ0) is 25.4. The van der Waals surface area contributed by atoms with Gasteiger partial charge >= 0.3 is 0 Å². The Labute approximate surface area is 208 Å². The van der Waals surface area contributed by atoms with Gasteiger partial charge in [-0.05, 0) is 44.0 Å². The van der Waals surface area contributed by atoms with Crippen LogP contribution in [-0.4, -0.2) is 50.2 Å². The fraction of sp³-hybridized carbons (Fsp3) is 0.414. The second kappa shape index (κ2) is 9.16. The Morgan fingerprint density at radius 1 is 1.00 bits per heavy atom. The van der Waals surface area contributed by atoms with Gasteiger partial charge in [-0.1, -0.05) is 56.9 Å². The maximum atomic E-state index is 12.4. The van der Waals surface area contributed by atoms with Crippen molar-refractivity contribution in [2.45, 2.75) is 51.7 Å². The lowest BCUT2D eigenvalue weighted by Crippen LogP contribution is -2.63. The van der Waals surface area contributed by atoms with Crippen molar-refractivity contribution in [2.75, 3.05) is 20.1 Å². The molecular formula is C29H34N4O2. The minimum absolute atomic E-state index is 0.381. The summed E-state index contributed by atoms with van der Waals surface area (Å²) in [6, 6.07) is 10.1. The van der Waals surface area contributed by atoms with Gasteiger partial charge in [0.25, 0.3) is 0 Å². The van der Waals surface area contributed by atoms with Gasteiger partial charge < -0.3 is 15.1 Å². The molecular weight excluding hydrogens is 436 g/mol. The molecule has 2 atom stereocenters. The molecule has 1 aliphatic rings. The van der Waals surface area contributed by atoms with E-state index in [-0.39, 0.29) is 0 Å². The maximum absolute atomic E-state index is 12.4. The van der Waals surface area contributed by atoms with Crippen LogP contribution < -0.4 is 0 Å². The minimum atomic E-state index is -1.47. The summed E-state index contributed by atoms with van der Waals surface area (Å²) in [6.45, 7) is 11.4. The highest BCUT2D eigenvalue weighted by Crippen LogP contribution is 2.50. The van der Waals surface area contributed by atoms with Crippen molar-refractivity contribution in [1.29, 1.82) is 0 Å². The Morgan fingerprint density at radius 2 is 1.69 bits per heavy atom. The van der Waals surface area contributed by atoms with Gasteiger partial charge in [0.15, 0.2) is 5.60 Å². The van der Waals surface area contributed by atoms with Crippen LogP contribution in [-0.2, 0) is 11.2 Å². The molecule has 1 aliphatic heterocycles. The lowest BCUT2D eigenvalue weighted by molar-refractivity contribution is -0.127. The first-order valence-corrected chi connectivity index (χ1v) is 12.0. The van der Waals surface area contributed by atoms with E-state index in [4.69, 9.17) is 0 Å². The first-order chi connectivity index (χ1) is 16.4. The number of pyridine rings is 1. The van der Waals surface area contributed by atoms with Crippen LogP contribution in [0.4, 0.5) is 0 Å². The van der Waals surface area contributed by atoms with Crippen LogP contribution in [0.1, 0.15) is 67.3 Å². The molecule has 35 heavy (non-hydrogen) atoms. The molecule has 1 fully saturated rings. The van der Waals surface area contributed by atoms with E-state index in [0.29, 0.717) is 22.7 Å². The number of hydrogen-bond acceptors (Lipinski definition) is 6. The standard InChI is InChI=1S/C29H34N4O2/c1-20(2)23-7-9-24(10-8-23)29(35,27(4)18-33(6)19-27)25-13-22(15-30-16-25)11-12-28(5,34)26-17-31-21(3)14-32-26/h7-10,13-17,20,34-35H,18-19H2,1-6H3/t28?,29-/m0/s1. The molecule has 0 saturated carbocycles. The van der Waals surface area contributed by atoms with E-state index in [1.165, 1.54) is 11.8 Å². The summed E-state index contributed by atoms with van der Waals surface area (Å²) in [5.41, 5.74) is 1.41. The number of benzene rings is 1. The summed E-state index contributed by atoms with van der Waals surface area (Å²) in [5.74, 6) is 6.34. The number of hydrogen-bond donors (Lipinski definition) is 2. The highest BCUT2D eigenvalue weighted by Gasteiger charge is 2.55. The normalized spacial score (nSPS) is 18.7. The van der Waals surface area contributed by atoms with E-state index in [9.17, 15) is 10.2 Å². The molecule has 4 rings (SSSR count). The van der Waals surface area contributed by atoms with Crippen molar-refractivity contribution >= 4 is 0 Å². The van der Waals surface area contributed by atoms with Crippen LogP contribution in [0.2, 0.25) is 0 Å². The molecule has 6 heteroatoms. The first-order valence-electron chi connectivity index (χ1n) is 12.0. The molecule has 0 amide bonds. The summed E-state index contributed by atoms with van der Waals surface area (Å²) in [4.78, 5) is 15.1. The molecule has 2 N–H and O–H groups in total. The first kappa shape index (κ1) is 25.0. The molecule has 0 aliphatic carbocycles. The molecule has 3 heterocycles. The predicted molar refractivity (Wildman–Crippen MR) is 137 cm³/mol. The Hall–Kier alpha value is -3.11. The van der Waals surface area contributed by atoms with Crippen LogP contribution in [0.15, 0.2) is 55.1 Å². The average molecular weight is 471 g/mol. The highest BCUT2D eigenvalue weighted by atomic mass is 16.3. The number of nitrogens with zero attached hydrogens (tertiary/aromatic N) is 4. The maximum Gasteiger partial charge on any atom is 0.166 e. The van der Waals surface area contributed by atoms with E-state index in [1.807, 2.05) is 25.1 Å². The summed E-state index contributed by atoms with van der Waals surface area (Å²) in [7, 11) is 2.06. The van der Waals surface area contributed by atoms with Crippen LogP contribution in [0.5, 0.6) is 0 Å². The van der Waals surface area contributed by atoms with E-state index < -0.39 is 16.6 Å². The largest absolute Gasteiger partial charge is 0.380 e. The second-order valence-electron chi connectivity index (χ2n) is 10.5. The van der Waals surface area contributed by atoms with Gasteiger partial charge in [0.05, 0.1) is 11.9 Å². The topological polar surface area (TPSA) is 82.4 Å². The number of aromatic nitrogens is 3. The highest BCUT2D eigenvalue weighted by molar-refractivity contribution is 5.45. The fourth-order valence-corrected chi connectivity index (χ4v) is 4.95. The second-order valence-corrected chi connectivity index (χ2v) is 10.5. The summed E-state index contributed by atoms with van der Waals surface area (Å²) in [5, 5.41) is 23.2. The van der Waals surface area contributed by atoms with E-state index in [0.717, 1.165) is 24.3 Å². The predicted octanol–water partition coefficient (Wildman–Crippen LogP) is 3.75. The van der Waals surface area contributed by atoms with Crippen molar-refractivity contribution in [3.05, 3.63) is 88.8 Å². The molecule has 1 saturated heterocycles. The third-order valence-corrected chi connectivity index (χ3v) is 6.99. The van der Waals surface area contributed by atoms with Crippen LogP contribution in [0, 0.1) is 24.2 Å². The molecule has 1 unspecified atom stereocenters. The quantitative estimate of drug-likeness (QED) is 0.553. The lowest BCUT2D eigenvalue weighted by atomic mass is 9.62. The van der Waals surface area contributed by atoms with Crippen molar-refractivity contribution in [3.63, 3.8) is 0 Å². The average Bonchev–Trinajstić information content (AvgIpc) is 2.82. The molecule has 2 aromatic heterocycles. The number of rotatable bonds is 5. The summed E-state index contributed by atoms with van der Waals surface area (Å²) < 4.78 is 0. The molecule has 1 aromatic carbocycles. The summed E-state index contributed by atoms with van der Waals surface area (Å²) in [6.07, 6.45) is 6.50. The Morgan fingerprint density at radius 3 is 2.26 bits per heavy atom. The van der Waals surface area contributed by atoms with E-state index in [1.54, 1.807) is 25.5 Å². The Bertz CT molecular complexity index is 1250. The molecule has 6 nitrogen and oxygen atoms in total. The SMILES string of the molecule is Cc1cnc(C(C)(O)C#Cc2cncc([C@@](O)(c3ccc(C(C)C)cc3)C3(C)CN(C)C3)c2)cn1. The van der Waals surface area contributed by atoms with Crippen LogP contribution in [0.25, 0.3) is 0 Å². The fourth-order valence-electron chi connectivity index (χ4n) is 4.95. The third-order valence-electron chi connectivity index (χ3n) is 6.99. The van der Waals surface area contributed by atoms with Gasteiger partial charge in [-0.25, -0.2) is 0 Å². The van der Waals surface area contributed by atoms with Gasteiger partial charge in [-0.3, -0.25) is 15.0 Å². The van der Waals surface area contributed by atoms with Crippen LogP contribution in [0.3, 0.4) is 0 Å². The molecule has 0 radical (unpaired) electrons. The van der Waals surface area contributed by atoms with E-state index in [2.05, 4.69) is 71.6 Å². The monoisotopic (exact) mass is 470 g/mol. The number of likely N-dealkylation sites (tertiary alicyclic amines) is 1. The lowest BCUT2D eigenvalue weighted by Gasteiger charge is -2.55. The number of aryl methyl sites for hydroxylation is 1. The van der Waals surface area contributed by atoms with Gasteiger partial charge in [0.1, 0.15) is 11.3 Å². The molecule has 0 spiro atoms. The smallest absolute Gasteiger partial charge is 0.166 e. The summed E-state index contributed by atoms with van der Waals surface area (Å²) >= 11 is 0. The van der Waals surface area contributed by atoms with Crippen LogP contribution >= 0.6 is 0 Å². The van der Waals surface area contributed by atoms with Crippen molar-refractivity contribution in [1.82, 2.24) is 19.9 Å². The molecule has 3 aromatic rings. The number of aliphatic hydroxyl groups is 2. The van der Waals surface area contributed by atoms with Gasteiger partial charge in [0.2, 0.25) is 0 Å². The Kier molecular flexibility index (Phi) is 6.54. The van der Waals surface area contributed by atoms with Gasteiger partial charge in [0, 0.05) is 48.2 Å². The van der Waals surface area contributed by atoms with Gasteiger partial charge in [-0.15, -0.1) is 0 Å². The molecule has 0 bridgehead atoms.